The Bertz CT molecular complexity index is 1110. The molecule has 0 aliphatic carbocycles. The van der Waals surface area contributed by atoms with Crippen LogP contribution in [0.1, 0.15) is 16.2 Å². The quantitative estimate of drug-likeness (QED) is 0.712. The molecule has 0 unspecified atom stereocenters. The Balaban J connectivity index is 1.61. The van der Waals surface area contributed by atoms with E-state index >= 15 is 0 Å². The lowest BCUT2D eigenvalue weighted by atomic mass is 10.2. The van der Waals surface area contributed by atoms with Crippen molar-refractivity contribution in [1.82, 2.24) is 14.7 Å². The molecule has 150 valence electrons. The van der Waals surface area contributed by atoms with Gasteiger partial charge in [-0.1, -0.05) is 12.1 Å². The molecule has 2 aromatic heterocycles. The standard InChI is InChI=1S/C19H15F3N4O3/c1-25-14-4-2-3-5-15(14)29-10-13(18(25)28)24-17(27)16-23-8-12-7-6-11(9-26(12)16)19(20,21)22/h2-9,13H,10H2,1H3,(H,24,27)/t13-/m0/s1. The van der Waals surface area contributed by atoms with Gasteiger partial charge in [0, 0.05) is 13.2 Å². The minimum absolute atomic E-state index is 0.122. The number of pyridine rings is 1. The van der Waals surface area contributed by atoms with Crippen LogP contribution >= 0.6 is 0 Å². The van der Waals surface area contributed by atoms with Crippen LogP contribution < -0.4 is 15.0 Å². The van der Waals surface area contributed by atoms with Crippen LogP contribution in [-0.4, -0.2) is 40.9 Å². The normalized spacial score (nSPS) is 16.9. The van der Waals surface area contributed by atoms with Crippen molar-refractivity contribution in [2.24, 2.45) is 0 Å². The average molecular weight is 404 g/mol. The molecule has 0 saturated heterocycles. The summed E-state index contributed by atoms with van der Waals surface area (Å²) in [7, 11) is 1.55. The number of carbonyl (C=O) groups is 2. The van der Waals surface area contributed by atoms with E-state index in [-0.39, 0.29) is 12.4 Å². The summed E-state index contributed by atoms with van der Waals surface area (Å²) >= 11 is 0. The number of carbonyl (C=O) groups excluding carboxylic acids is 2. The number of benzene rings is 1. The van der Waals surface area contributed by atoms with Crippen LogP contribution in [0, 0.1) is 0 Å². The van der Waals surface area contributed by atoms with Gasteiger partial charge < -0.3 is 15.0 Å². The highest BCUT2D eigenvalue weighted by Gasteiger charge is 2.33. The van der Waals surface area contributed by atoms with Gasteiger partial charge in [-0.2, -0.15) is 13.2 Å². The van der Waals surface area contributed by atoms with E-state index < -0.39 is 29.6 Å². The van der Waals surface area contributed by atoms with Crippen LogP contribution in [0.2, 0.25) is 0 Å². The summed E-state index contributed by atoms with van der Waals surface area (Å²) in [6.07, 6.45) is -2.49. The Morgan fingerprint density at radius 1 is 1.24 bits per heavy atom. The monoisotopic (exact) mass is 404 g/mol. The van der Waals surface area contributed by atoms with E-state index in [0.717, 1.165) is 16.7 Å². The maximum absolute atomic E-state index is 13.0. The van der Waals surface area contributed by atoms with E-state index in [0.29, 0.717) is 17.0 Å². The zero-order chi connectivity index (χ0) is 20.8. The number of likely N-dealkylation sites (N-methyl/N-ethyl adjacent to an activating group) is 1. The summed E-state index contributed by atoms with van der Waals surface area (Å²) < 4.78 is 45.6. The molecule has 1 N–H and O–H groups in total. The summed E-state index contributed by atoms with van der Waals surface area (Å²) in [4.78, 5) is 30.7. The van der Waals surface area contributed by atoms with Gasteiger partial charge in [0.1, 0.15) is 18.4 Å². The van der Waals surface area contributed by atoms with E-state index in [4.69, 9.17) is 4.74 Å². The molecule has 0 bridgehead atoms. The van der Waals surface area contributed by atoms with Crippen LogP contribution in [0.5, 0.6) is 5.75 Å². The van der Waals surface area contributed by atoms with E-state index in [1.165, 1.54) is 17.2 Å². The van der Waals surface area contributed by atoms with Gasteiger partial charge in [0.2, 0.25) is 5.82 Å². The van der Waals surface area contributed by atoms with Gasteiger partial charge in [-0.25, -0.2) is 4.98 Å². The Hall–Kier alpha value is -3.56. The number of alkyl halides is 3. The van der Waals surface area contributed by atoms with Gasteiger partial charge in [-0.3, -0.25) is 14.0 Å². The lowest BCUT2D eigenvalue weighted by Crippen LogP contribution is -2.49. The van der Waals surface area contributed by atoms with Crippen LogP contribution in [0.3, 0.4) is 0 Å². The number of imidazole rings is 1. The van der Waals surface area contributed by atoms with E-state index in [9.17, 15) is 22.8 Å². The van der Waals surface area contributed by atoms with Crippen LogP contribution in [0.4, 0.5) is 18.9 Å². The van der Waals surface area contributed by atoms with Crippen molar-refractivity contribution in [3.63, 3.8) is 0 Å². The molecule has 0 radical (unpaired) electrons. The van der Waals surface area contributed by atoms with Crippen molar-refractivity contribution in [1.29, 1.82) is 0 Å². The Morgan fingerprint density at radius 2 is 2.00 bits per heavy atom. The Kier molecular flexibility index (Phi) is 4.40. The Labute approximate surface area is 162 Å². The molecule has 1 aromatic carbocycles. The summed E-state index contributed by atoms with van der Waals surface area (Å²) in [6, 6.07) is 8.01. The topological polar surface area (TPSA) is 75.9 Å². The molecule has 3 heterocycles. The molecule has 0 fully saturated rings. The fourth-order valence-corrected chi connectivity index (χ4v) is 3.11. The van der Waals surface area contributed by atoms with E-state index in [1.54, 1.807) is 31.3 Å². The summed E-state index contributed by atoms with van der Waals surface area (Å²) in [5.74, 6) is -0.977. The molecule has 1 aliphatic rings. The number of fused-ring (bicyclic) bond motifs is 2. The van der Waals surface area contributed by atoms with E-state index in [1.807, 2.05) is 0 Å². The number of rotatable bonds is 2. The summed E-state index contributed by atoms with van der Waals surface area (Å²) in [6.45, 7) is -0.122. The van der Waals surface area contributed by atoms with E-state index in [2.05, 4.69) is 10.3 Å². The van der Waals surface area contributed by atoms with Crippen molar-refractivity contribution in [2.75, 3.05) is 18.6 Å². The molecular weight excluding hydrogens is 389 g/mol. The molecule has 2 amide bonds. The van der Waals surface area contributed by atoms with Crippen molar-refractivity contribution in [3.05, 3.63) is 60.2 Å². The molecule has 29 heavy (non-hydrogen) atoms. The molecule has 1 atom stereocenters. The maximum atomic E-state index is 13.0. The Morgan fingerprint density at radius 3 is 2.76 bits per heavy atom. The minimum atomic E-state index is -4.56. The first-order chi connectivity index (χ1) is 13.8. The first-order valence-corrected chi connectivity index (χ1v) is 8.60. The first kappa shape index (κ1) is 18.8. The summed E-state index contributed by atoms with van der Waals surface area (Å²) in [5, 5.41) is 2.51. The highest BCUT2D eigenvalue weighted by molar-refractivity contribution is 6.02. The molecule has 1 aliphatic heterocycles. The molecule has 7 nitrogen and oxygen atoms in total. The number of hydrogen-bond donors (Lipinski definition) is 1. The molecule has 10 heteroatoms. The number of nitrogens with zero attached hydrogens (tertiary/aromatic N) is 3. The highest BCUT2D eigenvalue weighted by atomic mass is 19.4. The zero-order valence-electron chi connectivity index (χ0n) is 15.1. The fraction of sp³-hybridized carbons (Fsp3) is 0.211. The average Bonchev–Trinajstić information content (AvgIpc) is 3.08. The van der Waals surface area contributed by atoms with Gasteiger partial charge in [-0.15, -0.1) is 0 Å². The lowest BCUT2D eigenvalue weighted by molar-refractivity contribution is -0.137. The number of nitrogens with one attached hydrogen (secondary N) is 1. The van der Waals surface area contributed by atoms with Gasteiger partial charge in [0.25, 0.3) is 11.8 Å². The largest absolute Gasteiger partial charge is 0.489 e. The van der Waals surface area contributed by atoms with Gasteiger partial charge >= 0.3 is 6.18 Å². The number of anilines is 1. The predicted octanol–water partition coefficient (Wildman–Crippen LogP) is 2.51. The second-order valence-electron chi connectivity index (χ2n) is 6.49. The third-order valence-electron chi connectivity index (χ3n) is 4.62. The lowest BCUT2D eigenvalue weighted by Gasteiger charge is -2.20. The van der Waals surface area contributed by atoms with Crippen molar-refractivity contribution in [2.45, 2.75) is 12.2 Å². The second-order valence-corrected chi connectivity index (χ2v) is 6.49. The number of para-hydroxylation sites is 2. The molecule has 0 saturated carbocycles. The SMILES string of the molecule is CN1C(=O)[C@@H](NC(=O)c2ncc3ccc(C(F)(F)F)cn23)COc2ccccc21. The van der Waals surface area contributed by atoms with Crippen LogP contribution in [0.15, 0.2) is 48.8 Å². The first-order valence-electron chi connectivity index (χ1n) is 8.60. The van der Waals surface area contributed by atoms with Crippen molar-refractivity contribution in [3.8, 4) is 5.75 Å². The maximum Gasteiger partial charge on any atom is 0.417 e. The third kappa shape index (κ3) is 3.37. The number of hydrogen-bond acceptors (Lipinski definition) is 4. The van der Waals surface area contributed by atoms with Gasteiger partial charge in [0.15, 0.2) is 0 Å². The number of amides is 2. The number of aromatic nitrogens is 2. The zero-order valence-corrected chi connectivity index (χ0v) is 15.1. The third-order valence-corrected chi connectivity index (χ3v) is 4.62. The van der Waals surface area contributed by atoms with Crippen LogP contribution in [0.25, 0.3) is 5.52 Å². The molecule has 0 spiro atoms. The van der Waals surface area contributed by atoms with Crippen molar-refractivity contribution >= 4 is 23.0 Å². The van der Waals surface area contributed by atoms with Crippen molar-refractivity contribution < 1.29 is 27.5 Å². The van der Waals surface area contributed by atoms with Crippen LogP contribution in [-0.2, 0) is 11.0 Å². The second kappa shape index (κ2) is 6.80. The smallest absolute Gasteiger partial charge is 0.417 e. The molecule has 4 rings (SSSR count). The minimum Gasteiger partial charge on any atom is -0.489 e. The molecule has 3 aromatic rings. The fourth-order valence-electron chi connectivity index (χ4n) is 3.11. The highest BCUT2D eigenvalue weighted by Crippen LogP contribution is 2.31. The molecular formula is C19H15F3N4O3. The summed E-state index contributed by atoms with van der Waals surface area (Å²) in [5.41, 5.74) is -0.0486. The van der Waals surface area contributed by atoms with Gasteiger partial charge in [-0.05, 0) is 24.3 Å². The number of ether oxygens (including phenoxy) is 1. The number of halogens is 3. The van der Waals surface area contributed by atoms with Gasteiger partial charge in [0.05, 0.1) is 23.0 Å². The predicted molar refractivity (Wildman–Crippen MR) is 96.8 cm³/mol.